The van der Waals surface area contributed by atoms with E-state index < -0.39 is 5.79 Å². The van der Waals surface area contributed by atoms with Crippen molar-refractivity contribution in [1.82, 2.24) is 0 Å². The van der Waals surface area contributed by atoms with Crippen LogP contribution in [0.2, 0.25) is 0 Å². The van der Waals surface area contributed by atoms with Crippen molar-refractivity contribution in [2.24, 2.45) is 0 Å². The summed E-state index contributed by atoms with van der Waals surface area (Å²) in [7, 11) is 3.33. The third kappa shape index (κ3) is 2.14. The van der Waals surface area contributed by atoms with Gasteiger partial charge in [0, 0.05) is 24.4 Å². The molecule has 0 bridgehead atoms. The Morgan fingerprint density at radius 1 is 1.29 bits per heavy atom. The topological polar surface area (TPSA) is 47.7 Å². The zero-order valence-electron chi connectivity index (χ0n) is 10.3. The van der Waals surface area contributed by atoms with Gasteiger partial charge in [-0.3, -0.25) is 0 Å². The molecule has 5 heteroatoms. The van der Waals surface area contributed by atoms with E-state index in [9.17, 15) is 0 Å². The summed E-state index contributed by atoms with van der Waals surface area (Å²) >= 11 is 3.56. The van der Waals surface area contributed by atoms with Gasteiger partial charge in [-0.2, -0.15) is 0 Å². The van der Waals surface area contributed by atoms with Gasteiger partial charge >= 0.3 is 0 Å². The van der Waals surface area contributed by atoms with Crippen molar-refractivity contribution in [1.29, 1.82) is 0 Å². The van der Waals surface area contributed by atoms with Crippen LogP contribution < -0.4 is 10.6 Å². The van der Waals surface area contributed by atoms with Crippen LogP contribution in [0.1, 0.15) is 5.56 Å². The lowest BCUT2D eigenvalue weighted by Gasteiger charge is -2.49. The molecule has 0 aliphatic carbocycles. The molecular formula is C12H17BrN2O2. The quantitative estimate of drug-likeness (QED) is 0.686. The number of ether oxygens (including phenoxy) is 2. The molecule has 0 radical (unpaired) electrons. The second kappa shape index (κ2) is 4.48. The SMILES string of the molecule is COC1(OC)CN(c2cc(N)c(C)cc2Br)C1. The molecule has 0 aromatic heterocycles. The fourth-order valence-electron chi connectivity index (χ4n) is 1.97. The summed E-state index contributed by atoms with van der Waals surface area (Å²) < 4.78 is 11.8. The number of methoxy groups -OCH3 is 2. The molecule has 1 fully saturated rings. The molecule has 17 heavy (non-hydrogen) atoms. The average molecular weight is 301 g/mol. The van der Waals surface area contributed by atoms with E-state index in [1.807, 2.05) is 19.1 Å². The lowest BCUT2D eigenvalue weighted by molar-refractivity contribution is -0.219. The second-order valence-corrected chi connectivity index (χ2v) is 5.19. The lowest BCUT2D eigenvalue weighted by atomic mass is 10.0. The van der Waals surface area contributed by atoms with Gasteiger partial charge in [0.25, 0.3) is 0 Å². The molecule has 1 heterocycles. The molecule has 1 aliphatic rings. The van der Waals surface area contributed by atoms with Crippen LogP contribution >= 0.6 is 15.9 Å². The standard InChI is InChI=1S/C12H17BrN2O2/c1-8-4-9(13)11(5-10(8)14)15-6-12(7-15,16-2)17-3/h4-5H,6-7,14H2,1-3H3. The Labute approximate surface area is 110 Å². The lowest BCUT2D eigenvalue weighted by Crippen LogP contribution is -2.64. The molecule has 1 aromatic rings. The molecule has 1 aliphatic heterocycles. The van der Waals surface area contributed by atoms with Gasteiger partial charge < -0.3 is 20.1 Å². The Morgan fingerprint density at radius 3 is 2.41 bits per heavy atom. The summed E-state index contributed by atoms with van der Waals surface area (Å²) in [5.41, 5.74) is 8.89. The van der Waals surface area contributed by atoms with Gasteiger partial charge in [-0.05, 0) is 40.5 Å². The molecule has 0 atom stereocenters. The molecule has 0 unspecified atom stereocenters. The van der Waals surface area contributed by atoms with Gasteiger partial charge in [0.15, 0.2) is 0 Å². The molecular weight excluding hydrogens is 284 g/mol. The molecule has 2 rings (SSSR count). The summed E-state index contributed by atoms with van der Waals surface area (Å²) in [5.74, 6) is -0.473. The molecule has 0 amide bonds. The maximum atomic E-state index is 5.93. The normalized spacial score (nSPS) is 18.0. The smallest absolute Gasteiger partial charge is 0.203 e. The van der Waals surface area contributed by atoms with Gasteiger partial charge in [0.1, 0.15) is 0 Å². The van der Waals surface area contributed by atoms with Crippen molar-refractivity contribution < 1.29 is 9.47 Å². The van der Waals surface area contributed by atoms with Crippen molar-refractivity contribution in [2.75, 3.05) is 37.9 Å². The van der Waals surface area contributed by atoms with Crippen molar-refractivity contribution >= 4 is 27.3 Å². The maximum absolute atomic E-state index is 5.93. The molecule has 1 aromatic carbocycles. The van der Waals surface area contributed by atoms with E-state index in [0.29, 0.717) is 13.1 Å². The van der Waals surface area contributed by atoms with Crippen molar-refractivity contribution in [3.05, 3.63) is 22.2 Å². The van der Waals surface area contributed by atoms with E-state index in [4.69, 9.17) is 15.2 Å². The van der Waals surface area contributed by atoms with Gasteiger partial charge in [0.05, 0.1) is 18.8 Å². The Bertz CT molecular complexity index is 425. The fourth-order valence-corrected chi connectivity index (χ4v) is 2.68. The average Bonchev–Trinajstić information content (AvgIpc) is 2.25. The van der Waals surface area contributed by atoms with Crippen LogP contribution in [0.5, 0.6) is 0 Å². The number of hydrogen-bond donors (Lipinski definition) is 1. The first kappa shape index (κ1) is 12.7. The first-order valence-electron chi connectivity index (χ1n) is 5.42. The minimum atomic E-state index is -0.473. The van der Waals surface area contributed by atoms with E-state index in [1.54, 1.807) is 14.2 Å². The highest BCUT2D eigenvalue weighted by atomic mass is 79.9. The van der Waals surface area contributed by atoms with Crippen LogP contribution in [0.3, 0.4) is 0 Å². The number of nitrogen functional groups attached to an aromatic ring is 1. The van der Waals surface area contributed by atoms with E-state index in [-0.39, 0.29) is 0 Å². The summed E-state index contributed by atoms with van der Waals surface area (Å²) in [6, 6.07) is 4.01. The highest BCUT2D eigenvalue weighted by molar-refractivity contribution is 9.10. The summed E-state index contributed by atoms with van der Waals surface area (Å²) in [6.45, 7) is 3.41. The molecule has 1 saturated heterocycles. The van der Waals surface area contributed by atoms with Gasteiger partial charge in [0.2, 0.25) is 5.79 Å². The first-order valence-corrected chi connectivity index (χ1v) is 6.21. The second-order valence-electron chi connectivity index (χ2n) is 4.34. The van der Waals surface area contributed by atoms with Gasteiger partial charge in [-0.15, -0.1) is 0 Å². The Morgan fingerprint density at radius 2 is 1.88 bits per heavy atom. The number of benzene rings is 1. The van der Waals surface area contributed by atoms with Crippen LogP contribution in [0.4, 0.5) is 11.4 Å². The van der Waals surface area contributed by atoms with Crippen molar-refractivity contribution in [3.8, 4) is 0 Å². The fraction of sp³-hybridized carbons (Fsp3) is 0.500. The molecule has 4 nitrogen and oxygen atoms in total. The largest absolute Gasteiger partial charge is 0.398 e. The molecule has 2 N–H and O–H groups in total. The molecule has 0 spiro atoms. The number of hydrogen-bond acceptors (Lipinski definition) is 4. The first-order chi connectivity index (χ1) is 8.01. The monoisotopic (exact) mass is 300 g/mol. The number of aryl methyl sites for hydroxylation is 1. The molecule has 0 saturated carbocycles. The highest BCUT2D eigenvalue weighted by Gasteiger charge is 2.44. The Balaban J connectivity index is 2.19. The third-order valence-electron chi connectivity index (χ3n) is 3.28. The van der Waals surface area contributed by atoms with Crippen molar-refractivity contribution in [2.45, 2.75) is 12.7 Å². The maximum Gasteiger partial charge on any atom is 0.203 e. The van der Waals surface area contributed by atoms with E-state index in [1.165, 1.54) is 0 Å². The van der Waals surface area contributed by atoms with Crippen LogP contribution in [-0.2, 0) is 9.47 Å². The summed E-state index contributed by atoms with van der Waals surface area (Å²) in [5, 5.41) is 0. The van der Waals surface area contributed by atoms with E-state index in [2.05, 4.69) is 20.8 Å². The number of halogens is 1. The van der Waals surface area contributed by atoms with E-state index >= 15 is 0 Å². The third-order valence-corrected chi connectivity index (χ3v) is 3.92. The predicted octanol–water partition coefficient (Wildman–Crippen LogP) is 2.15. The summed E-state index contributed by atoms with van der Waals surface area (Å²) in [4.78, 5) is 2.17. The minimum Gasteiger partial charge on any atom is -0.398 e. The van der Waals surface area contributed by atoms with Crippen LogP contribution in [0, 0.1) is 6.92 Å². The van der Waals surface area contributed by atoms with Crippen LogP contribution in [0.15, 0.2) is 16.6 Å². The minimum absolute atomic E-state index is 0.473. The number of rotatable bonds is 3. The summed E-state index contributed by atoms with van der Waals surface area (Å²) in [6.07, 6.45) is 0. The van der Waals surface area contributed by atoms with Crippen LogP contribution in [0.25, 0.3) is 0 Å². The van der Waals surface area contributed by atoms with Gasteiger partial charge in [-0.1, -0.05) is 0 Å². The zero-order chi connectivity index (χ0) is 12.6. The number of nitrogens with two attached hydrogens (primary N) is 1. The number of anilines is 2. The number of nitrogens with zero attached hydrogens (tertiary/aromatic N) is 1. The van der Waals surface area contributed by atoms with Crippen molar-refractivity contribution in [3.63, 3.8) is 0 Å². The zero-order valence-corrected chi connectivity index (χ0v) is 11.9. The predicted molar refractivity (Wildman–Crippen MR) is 72.3 cm³/mol. The van der Waals surface area contributed by atoms with Gasteiger partial charge in [-0.25, -0.2) is 0 Å². The Kier molecular flexibility index (Phi) is 3.34. The van der Waals surface area contributed by atoms with E-state index in [0.717, 1.165) is 21.4 Å². The Hall–Kier alpha value is -0.780. The van der Waals surface area contributed by atoms with Crippen LogP contribution in [-0.4, -0.2) is 33.1 Å². The highest BCUT2D eigenvalue weighted by Crippen LogP contribution is 2.37. The molecule has 94 valence electrons.